The van der Waals surface area contributed by atoms with Crippen molar-refractivity contribution in [1.29, 1.82) is 0 Å². The van der Waals surface area contributed by atoms with E-state index >= 15 is 0 Å². The minimum Gasteiger partial charge on any atom is -1.00 e. The van der Waals surface area contributed by atoms with E-state index < -0.39 is 31.3 Å². The molecule has 1 heterocycles. The summed E-state index contributed by atoms with van der Waals surface area (Å²) in [6, 6.07) is 9.78. The van der Waals surface area contributed by atoms with Gasteiger partial charge >= 0.3 is 209 Å². The van der Waals surface area contributed by atoms with Gasteiger partial charge in [-0.25, -0.2) is 0 Å². The predicted octanol–water partition coefficient (Wildman–Crippen LogP) is 2.80. The third-order valence-corrected chi connectivity index (χ3v) is 17.5. The van der Waals surface area contributed by atoms with Gasteiger partial charge in [-0.05, 0) is 0 Å². The first-order valence-electron chi connectivity index (χ1n) is 12.4. The molecule has 2 aliphatic carbocycles. The first kappa shape index (κ1) is 28.5. The number of hydrogen-bond acceptors (Lipinski definition) is 0. The summed E-state index contributed by atoms with van der Waals surface area (Å²) in [5.41, 5.74) is 16.7. The minimum atomic E-state index is -1.89. The van der Waals surface area contributed by atoms with Crippen molar-refractivity contribution in [3.05, 3.63) is 79.9 Å². The van der Waals surface area contributed by atoms with Crippen molar-refractivity contribution in [2.75, 3.05) is 0 Å². The molecule has 5 rings (SSSR count). The van der Waals surface area contributed by atoms with Crippen LogP contribution in [-0.4, -0.2) is 8.07 Å². The quantitative estimate of drug-likeness (QED) is 0.430. The number of rotatable bonds is 2. The molecule has 2 aromatic carbocycles. The van der Waals surface area contributed by atoms with Crippen molar-refractivity contribution in [1.82, 2.24) is 0 Å². The summed E-state index contributed by atoms with van der Waals surface area (Å²) >= 11 is -0.785. The number of hydrogen-bond donors (Lipinski definition) is 0. The second-order valence-electron chi connectivity index (χ2n) is 11.6. The maximum Gasteiger partial charge on any atom is -1.00 e. The van der Waals surface area contributed by atoms with Gasteiger partial charge in [-0.3, -0.25) is 0 Å². The monoisotopic (exact) mass is 674 g/mol. The number of allylic oxidation sites excluding steroid dienone is 2. The Morgan fingerprint density at radius 1 is 0.647 bits per heavy atom. The average Bonchev–Trinajstić information content (AvgIpc) is 3.17. The van der Waals surface area contributed by atoms with E-state index in [9.17, 15) is 0 Å². The van der Waals surface area contributed by atoms with Gasteiger partial charge in [0.15, 0.2) is 0 Å². The first-order chi connectivity index (χ1) is 15.0. The molecule has 2 unspecified atom stereocenters. The molecule has 3 aliphatic rings. The first-order valence-corrected chi connectivity index (χ1v) is 18.3. The standard InChI is InChI=1S/C30H38Si.2BrH.Zr/c1-17(2)23-13-11-19(5)25-15-21(7)29(27(23)25)31(9,10)30-22(8)16-26-20(6)12-14-24(18(3)4)28(26)30;;;/h11-18H,1-10H3;2*1H;/q;;;+2/p-2. The van der Waals surface area contributed by atoms with E-state index in [0.717, 1.165) is 7.25 Å². The van der Waals surface area contributed by atoms with Crippen LogP contribution in [0.4, 0.5) is 0 Å². The Hall–Kier alpha value is -0.0200. The maximum absolute atomic E-state index is 2.68. The third kappa shape index (κ3) is 3.79. The predicted molar refractivity (Wildman–Crippen MR) is 139 cm³/mol. The molecule has 180 valence electrons. The minimum absolute atomic E-state index is 0. The molecule has 0 saturated carbocycles. The number of fused-ring (bicyclic) bond motifs is 8. The SMILES string of the molecule is CC1=C2c3c(C(C)C)ccc(C)c3[CH]1[Zr+2][CH]1C(C)=C(c3c(C(C)C)ccc(C)c31)[Si]2(C)C.[Br-].[Br-]. The summed E-state index contributed by atoms with van der Waals surface area (Å²) < 4.78 is 1.48. The van der Waals surface area contributed by atoms with Crippen LogP contribution in [0.15, 0.2) is 35.4 Å². The zero-order valence-corrected chi connectivity index (χ0v) is 29.0. The Labute approximate surface area is 241 Å². The van der Waals surface area contributed by atoms with Crippen molar-refractivity contribution in [3.8, 4) is 0 Å². The molecular formula is C30H38Br2SiZr. The molecule has 2 aromatic rings. The van der Waals surface area contributed by atoms with E-state index in [1.807, 2.05) is 10.4 Å². The Balaban J connectivity index is 0.00000162. The van der Waals surface area contributed by atoms with Crippen molar-refractivity contribution in [2.24, 2.45) is 0 Å². The fourth-order valence-electron chi connectivity index (χ4n) is 7.18. The maximum atomic E-state index is 2.68. The summed E-state index contributed by atoms with van der Waals surface area (Å²) in [6.45, 7) is 24.8. The van der Waals surface area contributed by atoms with E-state index in [0.29, 0.717) is 11.8 Å². The third-order valence-electron chi connectivity index (χ3n) is 8.55. The van der Waals surface area contributed by atoms with Gasteiger partial charge in [0.2, 0.25) is 0 Å². The average molecular weight is 678 g/mol. The molecular weight excluding hydrogens is 639 g/mol. The fraction of sp³-hybridized carbons (Fsp3) is 0.467. The largest absolute Gasteiger partial charge is 1.00 e. The van der Waals surface area contributed by atoms with Crippen LogP contribution in [0.1, 0.15) is 105 Å². The number of aryl methyl sites for hydroxylation is 2. The van der Waals surface area contributed by atoms with Crippen LogP contribution in [0, 0.1) is 13.8 Å². The zero-order chi connectivity index (χ0) is 23.3. The smallest absolute Gasteiger partial charge is 1.00 e. The fourth-order valence-corrected chi connectivity index (χ4v) is 17.6. The summed E-state index contributed by atoms with van der Waals surface area (Å²) in [5.74, 6) is 1.16. The molecule has 2 atom stereocenters. The van der Waals surface area contributed by atoms with Gasteiger partial charge < -0.3 is 34.0 Å². The van der Waals surface area contributed by atoms with Gasteiger partial charge in [0, 0.05) is 0 Å². The van der Waals surface area contributed by atoms with Crippen LogP contribution >= 0.6 is 0 Å². The van der Waals surface area contributed by atoms with Crippen molar-refractivity contribution in [3.63, 3.8) is 0 Å². The van der Waals surface area contributed by atoms with Crippen LogP contribution in [0.5, 0.6) is 0 Å². The van der Waals surface area contributed by atoms with Gasteiger partial charge in [-0.15, -0.1) is 0 Å². The van der Waals surface area contributed by atoms with Crippen LogP contribution in [-0.2, 0) is 23.2 Å². The second-order valence-corrected chi connectivity index (χ2v) is 19.5. The zero-order valence-electron chi connectivity index (χ0n) is 22.4. The molecule has 0 fully saturated rings. The summed E-state index contributed by atoms with van der Waals surface area (Å²) in [7, 11) is -1.89. The van der Waals surface area contributed by atoms with Crippen molar-refractivity contribution in [2.45, 2.75) is 87.6 Å². The second kappa shape index (κ2) is 9.70. The van der Waals surface area contributed by atoms with Crippen LogP contribution in [0.3, 0.4) is 0 Å². The molecule has 0 spiro atoms. The molecule has 0 radical (unpaired) electrons. The molecule has 1 aliphatic heterocycles. The number of halogens is 2. The summed E-state index contributed by atoms with van der Waals surface area (Å²) in [6.07, 6.45) is 0. The van der Waals surface area contributed by atoms with Crippen molar-refractivity contribution >= 4 is 18.5 Å². The van der Waals surface area contributed by atoms with E-state index in [1.54, 1.807) is 55.7 Å². The van der Waals surface area contributed by atoms with Crippen LogP contribution in [0.2, 0.25) is 13.1 Å². The van der Waals surface area contributed by atoms with E-state index in [2.05, 4.69) is 92.7 Å². The molecule has 0 amide bonds. The molecule has 0 N–H and O–H groups in total. The van der Waals surface area contributed by atoms with Gasteiger partial charge in [-0.2, -0.15) is 0 Å². The van der Waals surface area contributed by atoms with Gasteiger partial charge in [0.25, 0.3) is 0 Å². The van der Waals surface area contributed by atoms with Gasteiger partial charge in [0.05, 0.1) is 0 Å². The Kier molecular flexibility index (Phi) is 8.14. The number of benzene rings is 2. The van der Waals surface area contributed by atoms with Crippen LogP contribution < -0.4 is 34.0 Å². The molecule has 4 heteroatoms. The molecule has 0 saturated heterocycles. The van der Waals surface area contributed by atoms with E-state index in [1.165, 1.54) is 0 Å². The molecule has 34 heavy (non-hydrogen) atoms. The van der Waals surface area contributed by atoms with Gasteiger partial charge in [-0.1, -0.05) is 0 Å². The van der Waals surface area contributed by atoms with Crippen LogP contribution in [0.25, 0.3) is 10.4 Å². The summed E-state index contributed by atoms with van der Waals surface area (Å²) in [4.78, 5) is 0. The van der Waals surface area contributed by atoms with E-state index in [-0.39, 0.29) is 34.0 Å². The normalized spacial score (nSPS) is 21.3. The summed E-state index contributed by atoms with van der Waals surface area (Å²) in [5, 5.41) is 3.62. The molecule has 0 aromatic heterocycles. The Bertz CT molecular complexity index is 1140. The van der Waals surface area contributed by atoms with E-state index in [4.69, 9.17) is 0 Å². The Morgan fingerprint density at radius 3 is 1.32 bits per heavy atom. The topological polar surface area (TPSA) is 0 Å². The molecule has 4 bridgehead atoms. The van der Waals surface area contributed by atoms with Crippen molar-refractivity contribution < 1.29 is 57.2 Å². The molecule has 0 nitrogen and oxygen atoms in total. The van der Waals surface area contributed by atoms with Gasteiger partial charge in [0.1, 0.15) is 0 Å². The Morgan fingerprint density at radius 2 is 1.00 bits per heavy atom.